The van der Waals surface area contributed by atoms with Gasteiger partial charge in [-0.15, -0.1) is 0 Å². The van der Waals surface area contributed by atoms with E-state index in [1.54, 1.807) is 13.2 Å². The smallest absolute Gasteiger partial charge is 0.344 e. The number of fused-ring (bicyclic) bond motifs is 3. The van der Waals surface area contributed by atoms with Crippen LogP contribution in [0.15, 0.2) is 63.8 Å². The highest BCUT2D eigenvalue weighted by Gasteiger charge is 2.14. The van der Waals surface area contributed by atoms with Crippen LogP contribution in [0.25, 0.3) is 21.7 Å². The SMILES string of the molecule is CBc1ccc(COc2cc3oc(=O)c4cc(CC)ccc4c3cc2OC)cc1. The minimum absolute atomic E-state index is 0.339. The maximum Gasteiger partial charge on any atom is 0.344 e. The number of hydrogen-bond acceptors (Lipinski definition) is 4. The van der Waals surface area contributed by atoms with Crippen molar-refractivity contribution < 1.29 is 13.9 Å². The lowest BCUT2D eigenvalue weighted by molar-refractivity contribution is 0.284. The molecular weight excluding hydrogens is 363 g/mol. The highest BCUT2D eigenvalue weighted by Crippen LogP contribution is 2.35. The molecule has 146 valence electrons. The predicted molar refractivity (Wildman–Crippen MR) is 119 cm³/mol. The van der Waals surface area contributed by atoms with Crippen molar-refractivity contribution in [2.24, 2.45) is 0 Å². The third-order valence-corrected chi connectivity index (χ3v) is 5.30. The van der Waals surface area contributed by atoms with Crippen molar-refractivity contribution in [1.82, 2.24) is 0 Å². The average molecular weight is 386 g/mol. The maximum atomic E-state index is 12.5. The van der Waals surface area contributed by atoms with Gasteiger partial charge in [0.05, 0.1) is 12.5 Å². The van der Waals surface area contributed by atoms with Crippen LogP contribution in [0.2, 0.25) is 6.82 Å². The van der Waals surface area contributed by atoms with Crippen molar-refractivity contribution in [2.75, 3.05) is 7.11 Å². The van der Waals surface area contributed by atoms with Gasteiger partial charge in [-0.1, -0.05) is 55.6 Å². The maximum absolute atomic E-state index is 12.5. The van der Waals surface area contributed by atoms with Gasteiger partial charge < -0.3 is 13.9 Å². The molecule has 29 heavy (non-hydrogen) atoms. The van der Waals surface area contributed by atoms with Crippen LogP contribution in [0.4, 0.5) is 0 Å². The number of rotatable bonds is 6. The molecule has 0 amide bonds. The highest BCUT2D eigenvalue weighted by molar-refractivity contribution is 6.51. The summed E-state index contributed by atoms with van der Waals surface area (Å²) in [7, 11) is 2.62. The molecule has 0 N–H and O–H groups in total. The van der Waals surface area contributed by atoms with Crippen LogP contribution in [0.5, 0.6) is 11.5 Å². The van der Waals surface area contributed by atoms with Crippen LogP contribution in [0.3, 0.4) is 0 Å². The molecular formula is C24H23BO4. The Morgan fingerprint density at radius 3 is 2.34 bits per heavy atom. The fraction of sp³-hybridized carbons (Fsp3) is 0.208. The molecule has 0 aliphatic carbocycles. The number of methoxy groups -OCH3 is 1. The molecule has 1 heterocycles. The third kappa shape index (κ3) is 3.73. The van der Waals surface area contributed by atoms with E-state index in [0.717, 1.165) is 35.6 Å². The molecule has 4 nitrogen and oxygen atoms in total. The van der Waals surface area contributed by atoms with Gasteiger partial charge in [-0.2, -0.15) is 0 Å². The van der Waals surface area contributed by atoms with E-state index in [2.05, 4.69) is 38.0 Å². The zero-order valence-corrected chi connectivity index (χ0v) is 17.0. The summed E-state index contributed by atoms with van der Waals surface area (Å²) in [6.45, 7) is 4.60. The van der Waals surface area contributed by atoms with Crippen LogP contribution in [0.1, 0.15) is 18.1 Å². The Kier molecular flexibility index (Phi) is 5.30. The van der Waals surface area contributed by atoms with Gasteiger partial charge >= 0.3 is 5.63 Å². The molecule has 0 aliphatic rings. The van der Waals surface area contributed by atoms with E-state index in [1.807, 2.05) is 24.3 Å². The Bertz CT molecular complexity index is 1230. The van der Waals surface area contributed by atoms with Gasteiger partial charge in [-0.05, 0) is 29.7 Å². The van der Waals surface area contributed by atoms with Crippen LogP contribution in [0, 0.1) is 0 Å². The van der Waals surface area contributed by atoms with E-state index in [-0.39, 0.29) is 5.63 Å². The van der Waals surface area contributed by atoms with Crippen molar-refractivity contribution in [3.05, 3.63) is 76.1 Å². The fourth-order valence-electron chi connectivity index (χ4n) is 3.51. The second kappa shape index (κ2) is 8.04. The van der Waals surface area contributed by atoms with Crippen molar-refractivity contribution >= 4 is 34.5 Å². The fourth-order valence-corrected chi connectivity index (χ4v) is 3.51. The van der Waals surface area contributed by atoms with Gasteiger partial charge in [-0.25, -0.2) is 4.79 Å². The summed E-state index contributed by atoms with van der Waals surface area (Å²) in [5.74, 6) is 1.16. The summed E-state index contributed by atoms with van der Waals surface area (Å²) in [6.07, 6.45) is 0.864. The zero-order chi connectivity index (χ0) is 20.4. The Morgan fingerprint density at radius 1 is 0.897 bits per heavy atom. The minimum atomic E-state index is -0.339. The first kappa shape index (κ1) is 19.1. The van der Waals surface area contributed by atoms with E-state index >= 15 is 0 Å². The van der Waals surface area contributed by atoms with Gasteiger partial charge in [-0.3, -0.25) is 0 Å². The van der Waals surface area contributed by atoms with Crippen LogP contribution >= 0.6 is 0 Å². The summed E-state index contributed by atoms with van der Waals surface area (Å²) in [5, 5.41) is 2.27. The topological polar surface area (TPSA) is 48.7 Å². The van der Waals surface area contributed by atoms with Gasteiger partial charge in [0.25, 0.3) is 0 Å². The summed E-state index contributed by atoms with van der Waals surface area (Å²) in [5.41, 5.74) is 3.61. The number of benzene rings is 3. The Balaban J connectivity index is 1.74. The predicted octanol–water partition coefficient (Wildman–Crippen LogP) is 4.21. The molecule has 0 bridgehead atoms. The van der Waals surface area contributed by atoms with Gasteiger partial charge in [0.1, 0.15) is 12.2 Å². The monoisotopic (exact) mass is 386 g/mol. The molecule has 0 saturated heterocycles. The van der Waals surface area contributed by atoms with Gasteiger partial charge in [0.15, 0.2) is 18.8 Å². The molecule has 4 rings (SSSR count). The van der Waals surface area contributed by atoms with E-state index in [0.29, 0.717) is 29.1 Å². The molecule has 4 aromatic rings. The number of aryl methyl sites for hydroxylation is 1. The lowest BCUT2D eigenvalue weighted by atomic mass is 9.73. The summed E-state index contributed by atoms with van der Waals surface area (Å²) in [6, 6.07) is 17.9. The molecule has 5 heteroatoms. The lowest BCUT2D eigenvalue weighted by Gasteiger charge is -2.13. The van der Waals surface area contributed by atoms with Crippen LogP contribution in [-0.2, 0) is 13.0 Å². The van der Waals surface area contributed by atoms with E-state index < -0.39 is 0 Å². The van der Waals surface area contributed by atoms with Crippen LogP contribution in [-0.4, -0.2) is 14.4 Å². The first-order valence-electron chi connectivity index (χ1n) is 9.91. The lowest BCUT2D eigenvalue weighted by Crippen LogP contribution is -2.10. The molecule has 0 fully saturated rings. The molecule has 0 unspecified atom stereocenters. The Morgan fingerprint density at radius 2 is 1.66 bits per heavy atom. The summed E-state index contributed by atoms with van der Waals surface area (Å²) < 4.78 is 17.2. The first-order chi connectivity index (χ1) is 14.1. The van der Waals surface area contributed by atoms with E-state index in [9.17, 15) is 4.79 Å². The average Bonchev–Trinajstić information content (AvgIpc) is 2.77. The molecule has 3 aromatic carbocycles. The van der Waals surface area contributed by atoms with Gasteiger partial charge in [0.2, 0.25) is 0 Å². The van der Waals surface area contributed by atoms with Crippen molar-refractivity contribution in [1.29, 1.82) is 0 Å². The largest absolute Gasteiger partial charge is 0.493 e. The van der Waals surface area contributed by atoms with Crippen molar-refractivity contribution in [3.63, 3.8) is 0 Å². The summed E-state index contributed by atoms with van der Waals surface area (Å²) in [4.78, 5) is 12.5. The third-order valence-electron chi connectivity index (χ3n) is 5.30. The molecule has 0 atom stereocenters. The zero-order valence-electron chi connectivity index (χ0n) is 17.0. The normalized spacial score (nSPS) is 11.0. The van der Waals surface area contributed by atoms with Crippen LogP contribution < -0.4 is 20.6 Å². The number of hydrogen-bond donors (Lipinski definition) is 0. The minimum Gasteiger partial charge on any atom is -0.493 e. The molecule has 0 aliphatic heterocycles. The highest BCUT2D eigenvalue weighted by atomic mass is 16.5. The Labute approximate surface area is 170 Å². The number of ether oxygens (including phenoxy) is 2. The molecule has 0 radical (unpaired) electrons. The molecule has 0 saturated carbocycles. The van der Waals surface area contributed by atoms with Crippen molar-refractivity contribution in [3.8, 4) is 11.5 Å². The standard InChI is InChI=1S/C24H23BO4/c1-4-15-7-10-18-19-12-22(27-3)23(13-21(19)29-24(26)20(18)11-15)28-14-16-5-8-17(25-2)9-6-16/h5-13,25H,4,14H2,1-3H3. The quantitative estimate of drug-likeness (QED) is 0.283. The van der Waals surface area contributed by atoms with Gasteiger partial charge in [0, 0.05) is 16.8 Å². The molecule has 0 spiro atoms. The van der Waals surface area contributed by atoms with E-state index in [1.165, 1.54) is 5.46 Å². The second-order valence-corrected chi connectivity index (χ2v) is 7.08. The molecule has 1 aromatic heterocycles. The van der Waals surface area contributed by atoms with Crippen molar-refractivity contribution in [2.45, 2.75) is 26.8 Å². The second-order valence-electron chi connectivity index (χ2n) is 7.08. The first-order valence-corrected chi connectivity index (χ1v) is 9.91. The summed E-state index contributed by atoms with van der Waals surface area (Å²) >= 11 is 0. The Hall–Kier alpha value is -3.21. The van der Waals surface area contributed by atoms with E-state index in [4.69, 9.17) is 13.9 Å².